The summed E-state index contributed by atoms with van der Waals surface area (Å²) in [6.07, 6.45) is 0. The molecule has 0 aliphatic rings. The molecule has 2 nitrogen and oxygen atoms in total. The normalized spacial score (nSPS) is 3.25. The molecule has 3 N–H and O–H groups in total. The Hall–Kier alpha value is 1.14. The third kappa shape index (κ3) is 11.1. The minimum absolute atomic E-state index is 0. The molecule has 0 bridgehead atoms. The van der Waals surface area contributed by atoms with Gasteiger partial charge in [0.25, 0.3) is 0 Å². The molecule has 0 aliphatic heterocycles. The van der Waals surface area contributed by atoms with Gasteiger partial charge in [-0.05, 0) is 0 Å². The minimum atomic E-state index is -0.573. The Morgan fingerprint density at radius 3 is 1.75 bits per heavy atom. The quantitative estimate of drug-likeness (QED) is 0.407. The molecule has 0 atom stereocenters. The third-order valence-electron chi connectivity index (χ3n) is 0. The summed E-state index contributed by atoms with van der Waals surface area (Å²) >= 11 is 1.19. The van der Waals surface area contributed by atoms with Crippen molar-refractivity contribution in [3.63, 3.8) is 0 Å². The van der Waals surface area contributed by atoms with Gasteiger partial charge < -0.3 is 5.48 Å². The van der Waals surface area contributed by atoms with E-state index in [4.69, 9.17) is 4.16 Å². The first-order chi connectivity index (χ1) is 1.41. The van der Waals surface area contributed by atoms with Crippen molar-refractivity contribution < 1.29 is 27.3 Å². The molecule has 0 aromatic rings. The maximum absolute atomic E-state index is 7.71. The number of rotatable bonds is 0. The molecular weight excluding hydrogens is 155 g/mol. The number of hydrogen-bond acceptors (Lipinski definition) is 1. The standard InChI is InChI=1S/Al.Mo.2H2O.H/h;;2*1H2;/q+1;;;;/p-1. The van der Waals surface area contributed by atoms with Crippen LogP contribution >= 0.6 is 0 Å². The second-order valence-corrected chi connectivity index (χ2v) is 2.29. The van der Waals surface area contributed by atoms with Crippen LogP contribution in [0.15, 0.2) is 0 Å². The van der Waals surface area contributed by atoms with Crippen LogP contribution in [-0.4, -0.2) is 22.5 Å². The van der Waals surface area contributed by atoms with E-state index in [0.717, 1.165) is 0 Å². The van der Waals surface area contributed by atoms with Gasteiger partial charge in [0.15, 0.2) is 0 Å². The van der Waals surface area contributed by atoms with Gasteiger partial charge in [0, 0.05) is 0 Å². The average Bonchev–Trinajstić information content (AvgIpc) is 0.918. The molecule has 0 heterocycles. The first-order valence-corrected chi connectivity index (χ1v) is 6.07. The van der Waals surface area contributed by atoms with Gasteiger partial charge in [-0.15, -0.1) is 0 Å². The van der Waals surface area contributed by atoms with Gasteiger partial charge in [-0.1, -0.05) is 0 Å². The summed E-state index contributed by atoms with van der Waals surface area (Å²) < 4.78 is 7.71. The summed E-state index contributed by atoms with van der Waals surface area (Å²) in [5.74, 6) is 0. The summed E-state index contributed by atoms with van der Waals surface area (Å²) in [5, 5.41) is 0. The molecule has 0 unspecified atom stereocenters. The van der Waals surface area contributed by atoms with E-state index in [2.05, 4.69) is 0 Å². The van der Waals surface area contributed by atoms with Crippen LogP contribution in [0.4, 0.5) is 0 Å². The monoisotopic (exact) mass is 161 g/mol. The summed E-state index contributed by atoms with van der Waals surface area (Å²) in [7, 11) is 0. The first kappa shape index (κ1) is 8.94. The average molecular weight is 159 g/mol. The summed E-state index contributed by atoms with van der Waals surface area (Å²) in [5.41, 5.74) is 0. The van der Waals surface area contributed by atoms with Gasteiger partial charge in [0.1, 0.15) is 0 Å². The fraction of sp³-hybridized carbons (Fsp3) is 0. The van der Waals surface area contributed by atoms with Crippen molar-refractivity contribution in [3.8, 4) is 0 Å². The second kappa shape index (κ2) is 8.91. The van der Waals surface area contributed by atoms with Gasteiger partial charge in [-0.25, -0.2) is 0 Å². The Bertz CT molecular complexity index is 6.00. The van der Waals surface area contributed by atoms with Crippen LogP contribution in [0.3, 0.4) is 0 Å². The number of hydrogen-bond donors (Lipinski definition) is 1. The van der Waals surface area contributed by atoms with Gasteiger partial charge in [0.2, 0.25) is 0 Å². The molecule has 0 spiro atoms. The van der Waals surface area contributed by atoms with E-state index < -0.39 is 12.9 Å². The summed E-state index contributed by atoms with van der Waals surface area (Å²) in [6.45, 7) is 0. The topological polar surface area (TPSA) is 51.7 Å². The van der Waals surface area contributed by atoms with Crippen molar-refractivity contribution in [2.75, 3.05) is 0 Å². The Labute approximate surface area is 40.4 Å². The first-order valence-electron chi connectivity index (χ1n) is 0.605. The Morgan fingerprint density at radius 2 is 1.75 bits per heavy atom. The predicted molar refractivity (Wildman–Crippen MR) is 13.0 cm³/mol. The van der Waals surface area contributed by atoms with E-state index in [1.807, 2.05) is 0 Å². The van der Waals surface area contributed by atoms with Gasteiger partial charge in [-0.3, -0.25) is 0 Å². The Kier molecular flexibility index (Phi) is 19.9. The fourth-order valence-corrected chi connectivity index (χ4v) is 0. The van der Waals surface area contributed by atoms with Crippen molar-refractivity contribution in [1.29, 1.82) is 0 Å². The molecule has 25 valence electrons. The van der Waals surface area contributed by atoms with E-state index in [9.17, 15) is 0 Å². The van der Waals surface area contributed by atoms with Crippen molar-refractivity contribution in [3.05, 3.63) is 0 Å². The molecule has 0 aromatic heterocycles. The van der Waals surface area contributed by atoms with Gasteiger partial charge in [-0.2, -0.15) is 0 Å². The molecule has 0 saturated heterocycles. The fourth-order valence-electron chi connectivity index (χ4n) is 0. The third-order valence-corrected chi connectivity index (χ3v) is 0. The zero-order chi connectivity index (χ0) is 2.71. The summed E-state index contributed by atoms with van der Waals surface area (Å²) in [4.78, 5) is 0. The van der Waals surface area contributed by atoms with Crippen LogP contribution in [0, 0.1) is 0 Å². The van der Waals surface area contributed by atoms with Crippen molar-refractivity contribution >= 4 is 12.9 Å². The molecular formula is H4AlMoO2. The molecule has 0 radical (unpaired) electrons. The van der Waals surface area contributed by atoms with Gasteiger partial charge in [0.05, 0.1) is 0 Å². The molecule has 4 heteroatoms. The Balaban J connectivity index is 0. The maximum atomic E-state index is 7.71. The van der Waals surface area contributed by atoms with E-state index >= 15 is 0 Å². The van der Waals surface area contributed by atoms with E-state index in [-0.39, 0.29) is 5.48 Å². The van der Waals surface area contributed by atoms with Crippen molar-refractivity contribution in [2.45, 2.75) is 0 Å². The van der Waals surface area contributed by atoms with Crippen LogP contribution in [0.2, 0.25) is 0 Å². The van der Waals surface area contributed by atoms with Crippen LogP contribution in [0.25, 0.3) is 0 Å². The summed E-state index contributed by atoms with van der Waals surface area (Å²) in [6, 6.07) is 0. The molecule has 0 fully saturated rings. The molecule has 0 aliphatic carbocycles. The van der Waals surface area contributed by atoms with E-state index in [1.54, 1.807) is 17.7 Å². The van der Waals surface area contributed by atoms with Crippen LogP contribution in [0.5, 0.6) is 0 Å². The van der Waals surface area contributed by atoms with Gasteiger partial charge >= 0.3 is 34.7 Å². The van der Waals surface area contributed by atoms with Crippen molar-refractivity contribution in [1.82, 2.24) is 0 Å². The molecule has 0 rings (SSSR count). The SMILES string of the molecule is O.[OH][AlH][Mo]. The van der Waals surface area contributed by atoms with Crippen LogP contribution < -0.4 is 0 Å². The van der Waals surface area contributed by atoms with Crippen molar-refractivity contribution in [2.24, 2.45) is 0 Å². The molecule has 4 heavy (non-hydrogen) atoms. The second-order valence-electron chi connectivity index (χ2n) is 0.129. The Morgan fingerprint density at radius 1 is 1.75 bits per heavy atom. The van der Waals surface area contributed by atoms with E-state index in [0.29, 0.717) is 0 Å². The van der Waals surface area contributed by atoms with Crippen LogP contribution in [0.1, 0.15) is 0 Å². The van der Waals surface area contributed by atoms with Crippen LogP contribution in [-0.2, 0) is 17.7 Å². The molecule has 0 aromatic carbocycles. The zero-order valence-electron chi connectivity index (χ0n) is 2.06. The molecule has 0 saturated carbocycles. The predicted octanol–water partition coefficient (Wildman–Crippen LogP) is -2.03. The van der Waals surface area contributed by atoms with E-state index in [1.165, 1.54) is 0 Å². The molecule has 0 amide bonds. The zero-order valence-corrected chi connectivity index (χ0v) is 5.48.